The highest BCUT2D eigenvalue weighted by Gasteiger charge is 2.27. The average Bonchev–Trinajstić information content (AvgIpc) is 2.66. The zero-order valence-corrected chi connectivity index (χ0v) is 19.3. The summed E-state index contributed by atoms with van der Waals surface area (Å²) in [4.78, 5) is 2.05. The van der Waals surface area contributed by atoms with E-state index >= 15 is 0 Å². The lowest BCUT2D eigenvalue weighted by Gasteiger charge is -2.37. The molecule has 1 heterocycles. The summed E-state index contributed by atoms with van der Waals surface area (Å²) >= 11 is 0. The van der Waals surface area contributed by atoms with Crippen molar-refractivity contribution in [3.63, 3.8) is 0 Å². The first kappa shape index (κ1) is 23.3. The van der Waals surface area contributed by atoms with Crippen molar-refractivity contribution < 1.29 is 17.5 Å². The number of ether oxygens (including phenoxy) is 1. The van der Waals surface area contributed by atoms with Gasteiger partial charge in [0.25, 0.3) is 0 Å². The quantitative estimate of drug-likeness (QED) is 0.675. The average molecular weight is 442 g/mol. The smallest absolute Gasteiger partial charge is 0.214 e. The van der Waals surface area contributed by atoms with E-state index in [1.165, 1.54) is 0 Å². The zero-order valence-electron chi connectivity index (χ0n) is 18.5. The second kappa shape index (κ2) is 9.83. The minimum atomic E-state index is -3.21. The highest BCUT2D eigenvalue weighted by molar-refractivity contribution is 7.90. The molecule has 6 nitrogen and oxygen atoms in total. The molecule has 2 atom stereocenters. The van der Waals surface area contributed by atoms with Gasteiger partial charge in [-0.25, -0.2) is 17.5 Å². The van der Waals surface area contributed by atoms with Crippen molar-refractivity contribution in [2.24, 2.45) is 5.92 Å². The largest absolute Gasteiger partial charge is 0.385 e. The number of halogens is 1. The van der Waals surface area contributed by atoms with Crippen LogP contribution in [-0.2, 0) is 14.8 Å². The monoisotopic (exact) mass is 441 g/mol. The minimum absolute atomic E-state index is 0.0312. The maximum absolute atomic E-state index is 14.7. The SMILES string of the molecule is CC(C)S(=O)(=O)NC1CCC(CNc2ccc(N3C[C@@H](C)O[C@@H](C)C3)c(F)c2)CC1. The second-order valence-electron chi connectivity index (χ2n) is 9.14. The Labute approximate surface area is 180 Å². The van der Waals surface area contributed by atoms with Crippen molar-refractivity contribution in [1.82, 2.24) is 4.72 Å². The number of hydrogen-bond acceptors (Lipinski definition) is 5. The molecule has 0 aromatic heterocycles. The van der Waals surface area contributed by atoms with Crippen LogP contribution < -0.4 is 14.9 Å². The summed E-state index contributed by atoms with van der Waals surface area (Å²) in [5.74, 6) is 0.251. The van der Waals surface area contributed by atoms with Crippen LogP contribution in [-0.4, -0.2) is 51.6 Å². The van der Waals surface area contributed by atoms with Gasteiger partial charge in [-0.05, 0) is 77.5 Å². The molecule has 1 saturated carbocycles. The number of nitrogens with one attached hydrogen (secondary N) is 2. The lowest BCUT2D eigenvalue weighted by molar-refractivity contribution is -0.00539. The lowest BCUT2D eigenvalue weighted by atomic mass is 9.86. The van der Waals surface area contributed by atoms with Crippen LogP contribution in [0.3, 0.4) is 0 Å². The Morgan fingerprint density at radius 2 is 1.77 bits per heavy atom. The summed E-state index contributed by atoms with van der Waals surface area (Å²) in [6.45, 7) is 9.58. The Kier molecular flexibility index (Phi) is 7.63. The maximum atomic E-state index is 14.7. The number of morpholine rings is 1. The molecule has 3 rings (SSSR count). The number of benzene rings is 1. The molecule has 2 aliphatic rings. The van der Waals surface area contributed by atoms with Gasteiger partial charge in [-0.3, -0.25) is 0 Å². The molecule has 1 saturated heterocycles. The Balaban J connectivity index is 1.48. The van der Waals surface area contributed by atoms with Gasteiger partial charge in [0.05, 0.1) is 23.1 Å². The van der Waals surface area contributed by atoms with Crippen molar-refractivity contribution in [3.8, 4) is 0 Å². The fourth-order valence-electron chi connectivity index (χ4n) is 4.36. The van der Waals surface area contributed by atoms with Crippen LogP contribution >= 0.6 is 0 Å². The molecular weight excluding hydrogens is 405 g/mol. The molecule has 2 N–H and O–H groups in total. The number of anilines is 2. The molecule has 0 unspecified atom stereocenters. The summed E-state index contributed by atoms with van der Waals surface area (Å²) in [5.41, 5.74) is 1.41. The number of rotatable bonds is 7. The normalized spacial score (nSPS) is 28.0. The first-order valence-electron chi connectivity index (χ1n) is 11.1. The van der Waals surface area contributed by atoms with E-state index in [1.54, 1.807) is 19.9 Å². The molecule has 1 aromatic carbocycles. The third-order valence-corrected chi connectivity index (χ3v) is 8.00. The van der Waals surface area contributed by atoms with Crippen LogP contribution in [0.1, 0.15) is 53.4 Å². The highest BCUT2D eigenvalue weighted by atomic mass is 32.2. The zero-order chi connectivity index (χ0) is 21.9. The Morgan fingerprint density at radius 1 is 1.13 bits per heavy atom. The third-order valence-electron chi connectivity index (χ3n) is 6.10. The molecule has 30 heavy (non-hydrogen) atoms. The fraction of sp³-hybridized carbons (Fsp3) is 0.727. The van der Waals surface area contributed by atoms with Crippen molar-refractivity contribution in [2.75, 3.05) is 29.9 Å². The lowest BCUT2D eigenvalue weighted by Crippen LogP contribution is -2.45. The molecule has 170 valence electrons. The third kappa shape index (κ3) is 6.08. The summed E-state index contributed by atoms with van der Waals surface area (Å²) < 4.78 is 47.4. The Hall–Kier alpha value is -1.38. The fourth-order valence-corrected chi connectivity index (χ4v) is 5.34. The van der Waals surface area contributed by atoms with Gasteiger partial charge in [-0.15, -0.1) is 0 Å². The van der Waals surface area contributed by atoms with Crippen LogP contribution in [0, 0.1) is 11.7 Å². The topological polar surface area (TPSA) is 70.7 Å². The molecule has 1 aliphatic heterocycles. The minimum Gasteiger partial charge on any atom is -0.385 e. The van der Waals surface area contributed by atoms with Crippen LogP contribution in [0.4, 0.5) is 15.8 Å². The molecule has 0 spiro atoms. The van der Waals surface area contributed by atoms with E-state index in [1.807, 2.05) is 26.0 Å². The van der Waals surface area contributed by atoms with Gasteiger partial charge < -0.3 is 15.0 Å². The molecule has 8 heteroatoms. The van der Waals surface area contributed by atoms with Crippen LogP contribution in [0.15, 0.2) is 18.2 Å². The second-order valence-corrected chi connectivity index (χ2v) is 11.4. The van der Waals surface area contributed by atoms with E-state index in [4.69, 9.17) is 4.74 Å². The number of sulfonamides is 1. The van der Waals surface area contributed by atoms with Gasteiger partial charge in [-0.2, -0.15) is 0 Å². The van der Waals surface area contributed by atoms with E-state index in [2.05, 4.69) is 14.9 Å². The Bertz CT molecular complexity index is 800. The van der Waals surface area contributed by atoms with Gasteiger partial charge in [0.2, 0.25) is 10.0 Å². The van der Waals surface area contributed by atoms with Crippen molar-refractivity contribution in [3.05, 3.63) is 24.0 Å². The summed E-state index contributed by atoms with van der Waals surface area (Å²) in [6, 6.07) is 5.39. The van der Waals surface area contributed by atoms with E-state index in [0.717, 1.165) is 37.9 Å². The summed E-state index contributed by atoms with van der Waals surface area (Å²) in [7, 11) is -3.21. The van der Waals surface area contributed by atoms with Crippen LogP contribution in [0.25, 0.3) is 0 Å². The molecular formula is C22H36FN3O3S. The molecule has 1 aromatic rings. The van der Waals surface area contributed by atoms with Gasteiger partial charge in [0.1, 0.15) is 5.82 Å². The van der Waals surface area contributed by atoms with Gasteiger partial charge in [0.15, 0.2) is 0 Å². The van der Waals surface area contributed by atoms with Gasteiger partial charge in [0, 0.05) is 31.4 Å². The van der Waals surface area contributed by atoms with Crippen molar-refractivity contribution in [1.29, 1.82) is 0 Å². The molecule has 2 fully saturated rings. The van der Waals surface area contributed by atoms with Crippen molar-refractivity contribution >= 4 is 21.4 Å². The van der Waals surface area contributed by atoms with E-state index in [0.29, 0.717) is 24.7 Å². The van der Waals surface area contributed by atoms with E-state index in [9.17, 15) is 12.8 Å². The van der Waals surface area contributed by atoms with Crippen LogP contribution in [0.5, 0.6) is 0 Å². The highest BCUT2D eigenvalue weighted by Crippen LogP contribution is 2.28. The van der Waals surface area contributed by atoms with Crippen molar-refractivity contribution in [2.45, 2.75) is 76.9 Å². The summed E-state index contributed by atoms with van der Waals surface area (Å²) in [6.07, 6.45) is 3.79. The number of hydrogen-bond donors (Lipinski definition) is 2. The standard InChI is InChI=1S/C22H36FN3O3S/c1-15(2)30(27,28)25-19-7-5-18(6-8-19)12-24-20-9-10-22(21(23)11-20)26-13-16(3)29-17(4)14-26/h9-11,15-19,24-25H,5-8,12-14H2,1-4H3/t16-,17+,18?,19?. The summed E-state index contributed by atoms with van der Waals surface area (Å²) in [5, 5.41) is 2.96. The van der Waals surface area contributed by atoms with E-state index in [-0.39, 0.29) is 24.1 Å². The van der Waals surface area contributed by atoms with Gasteiger partial charge >= 0.3 is 0 Å². The molecule has 1 aliphatic carbocycles. The molecule has 0 amide bonds. The Morgan fingerprint density at radius 3 is 2.33 bits per heavy atom. The van der Waals surface area contributed by atoms with Gasteiger partial charge in [-0.1, -0.05) is 0 Å². The maximum Gasteiger partial charge on any atom is 0.214 e. The van der Waals surface area contributed by atoms with E-state index < -0.39 is 15.3 Å². The molecule has 0 bridgehead atoms. The first-order chi connectivity index (χ1) is 14.1. The predicted octanol–water partition coefficient (Wildman–Crippen LogP) is 3.74. The number of nitrogens with zero attached hydrogens (tertiary/aromatic N) is 1. The first-order valence-corrected chi connectivity index (χ1v) is 12.6. The predicted molar refractivity (Wildman–Crippen MR) is 120 cm³/mol. The van der Waals surface area contributed by atoms with Crippen LogP contribution in [0.2, 0.25) is 0 Å². The molecule has 0 radical (unpaired) electrons.